The van der Waals surface area contributed by atoms with Gasteiger partial charge in [0, 0.05) is 27.8 Å². The molecule has 3 rings (SSSR count). The number of halogens is 1. The molecule has 3 aromatic rings. The lowest BCUT2D eigenvalue weighted by atomic mass is 10.1. The zero-order chi connectivity index (χ0) is 19.6. The highest BCUT2D eigenvalue weighted by Gasteiger charge is 2.16. The highest BCUT2D eigenvalue weighted by atomic mass is 79.9. The van der Waals surface area contributed by atoms with Crippen LogP contribution in [-0.2, 0) is 11.3 Å². The molecule has 0 unspecified atom stereocenters. The molecule has 0 spiro atoms. The van der Waals surface area contributed by atoms with E-state index in [4.69, 9.17) is 4.52 Å². The maximum Gasteiger partial charge on any atom is 0.259 e. The second-order valence-corrected chi connectivity index (χ2v) is 8.03. The zero-order valence-electron chi connectivity index (χ0n) is 15.2. The van der Waals surface area contributed by atoms with Crippen LogP contribution >= 0.6 is 15.9 Å². The molecular weight excluding hydrogens is 412 g/mol. The fourth-order valence-corrected chi connectivity index (χ4v) is 2.88. The maximum atomic E-state index is 12.1. The van der Waals surface area contributed by atoms with E-state index in [0.717, 1.165) is 10.0 Å². The summed E-state index contributed by atoms with van der Waals surface area (Å²) in [5.74, 6) is 0.464. The molecule has 0 aliphatic rings. The summed E-state index contributed by atoms with van der Waals surface area (Å²) >= 11 is 3.41. The van der Waals surface area contributed by atoms with E-state index in [-0.39, 0.29) is 29.4 Å². The van der Waals surface area contributed by atoms with Gasteiger partial charge in [0.1, 0.15) is 6.54 Å². The first kappa shape index (κ1) is 19.0. The number of nitrogens with one attached hydrogen (secondary N) is 1. The Labute approximate surface area is 164 Å². The van der Waals surface area contributed by atoms with Crippen molar-refractivity contribution < 1.29 is 9.32 Å². The summed E-state index contributed by atoms with van der Waals surface area (Å²) in [7, 11) is 0. The fourth-order valence-electron chi connectivity index (χ4n) is 2.48. The van der Waals surface area contributed by atoms with Crippen molar-refractivity contribution in [2.75, 3.05) is 0 Å². The molecular formula is C19H19BrN4O3. The van der Waals surface area contributed by atoms with Crippen LogP contribution in [0.15, 0.2) is 56.4 Å². The zero-order valence-corrected chi connectivity index (χ0v) is 16.8. The SMILES string of the molecule is CC(C)(C)NC(=O)Cn1cc(-c2nc(-c3cccc(Br)c3)no2)ccc1=O. The lowest BCUT2D eigenvalue weighted by Gasteiger charge is -2.20. The van der Waals surface area contributed by atoms with Crippen LogP contribution in [0.25, 0.3) is 22.8 Å². The van der Waals surface area contributed by atoms with Crippen molar-refractivity contribution in [1.29, 1.82) is 0 Å². The number of nitrogens with zero attached hydrogens (tertiary/aromatic N) is 3. The molecule has 0 saturated heterocycles. The Kier molecular flexibility index (Phi) is 5.27. The molecule has 0 aliphatic heterocycles. The van der Waals surface area contributed by atoms with Crippen LogP contribution < -0.4 is 10.9 Å². The molecule has 0 fully saturated rings. The lowest BCUT2D eigenvalue weighted by molar-refractivity contribution is -0.123. The van der Waals surface area contributed by atoms with E-state index in [9.17, 15) is 9.59 Å². The third-order valence-electron chi connectivity index (χ3n) is 3.57. The average Bonchev–Trinajstić information content (AvgIpc) is 3.05. The minimum absolute atomic E-state index is 0.0867. The quantitative estimate of drug-likeness (QED) is 0.685. The third kappa shape index (κ3) is 4.91. The smallest absolute Gasteiger partial charge is 0.259 e. The average molecular weight is 431 g/mol. The fraction of sp³-hybridized carbons (Fsp3) is 0.263. The summed E-state index contributed by atoms with van der Waals surface area (Å²) in [6.07, 6.45) is 1.54. The Morgan fingerprint density at radius 2 is 2.00 bits per heavy atom. The Bertz CT molecular complexity index is 1030. The van der Waals surface area contributed by atoms with Gasteiger partial charge in [-0.05, 0) is 39.0 Å². The molecule has 0 radical (unpaired) electrons. The number of aromatic nitrogens is 3. The van der Waals surface area contributed by atoms with Crippen LogP contribution in [0.3, 0.4) is 0 Å². The standard InChI is InChI=1S/C19H19BrN4O3/c1-19(2,3)22-15(25)11-24-10-13(7-8-16(24)26)18-21-17(23-27-18)12-5-4-6-14(20)9-12/h4-10H,11H2,1-3H3,(H,22,25). The largest absolute Gasteiger partial charge is 0.350 e. The number of carbonyl (C=O) groups is 1. The van der Waals surface area contributed by atoms with Crippen LogP contribution in [0.4, 0.5) is 0 Å². The number of carbonyl (C=O) groups excluding carboxylic acids is 1. The Balaban J connectivity index is 1.86. The van der Waals surface area contributed by atoms with Crippen LogP contribution in [-0.4, -0.2) is 26.2 Å². The summed E-state index contributed by atoms with van der Waals surface area (Å²) in [6, 6.07) is 10.5. The summed E-state index contributed by atoms with van der Waals surface area (Å²) in [5, 5.41) is 6.82. The molecule has 1 aromatic carbocycles. The first-order chi connectivity index (χ1) is 12.7. The number of hydrogen-bond acceptors (Lipinski definition) is 5. The molecule has 27 heavy (non-hydrogen) atoms. The van der Waals surface area contributed by atoms with Gasteiger partial charge >= 0.3 is 0 Å². The van der Waals surface area contributed by atoms with E-state index in [2.05, 4.69) is 31.4 Å². The molecule has 2 aromatic heterocycles. The summed E-state index contributed by atoms with van der Waals surface area (Å²) < 4.78 is 7.56. The van der Waals surface area contributed by atoms with E-state index in [1.54, 1.807) is 12.3 Å². The molecule has 7 nitrogen and oxygen atoms in total. The van der Waals surface area contributed by atoms with Gasteiger partial charge < -0.3 is 14.4 Å². The topological polar surface area (TPSA) is 90.0 Å². The Hall–Kier alpha value is -2.74. The van der Waals surface area contributed by atoms with Crippen molar-refractivity contribution in [3.05, 3.63) is 57.4 Å². The van der Waals surface area contributed by atoms with Crippen LogP contribution in [0.5, 0.6) is 0 Å². The lowest BCUT2D eigenvalue weighted by Crippen LogP contribution is -2.43. The second-order valence-electron chi connectivity index (χ2n) is 7.12. The van der Waals surface area contributed by atoms with Crippen LogP contribution in [0.2, 0.25) is 0 Å². The van der Waals surface area contributed by atoms with Crippen molar-refractivity contribution in [2.24, 2.45) is 0 Å². The molecule has 1 N–H and O–H groups in total. The molecule has 0 atom stereocenters. The monoisotopic (exact) mass is 430 g/mol. The Morgan fingerprint density at radius 3 is 2.70 bits per heavy atom. The van der Waals surface area contributed by atoms with Gasteiger partial charge in [-0.3, -0.25) is 9.59 Å². The van der Waals surface area contributed by atoms with Crippen molar-refractivity contribution in [3.63, 3.8) is 0 Å². The number of rotatable bonds is 4. The van der Waals surface area contributed by atoms with E-state index < -0.39 is 0 Å². The number of hydrogen-bond donors (Lipinski definition) is 1. The van der Waals surface area contributed by atoms with Gasteiger partial charge in [-0.25, -0.2) is 0 Å². The molecule has 1 amide bonds. The molecule has 0 aliphatic carbocycles. The maximum absolute atomic E-state index is 12.1. The molecule has 140 valence electrons. The van der Waals surface area contributed by atoms with Gasteiger partial charge in [0.05, 0.1) is 5.56 Å². The first-order valence-corrected chi connectivity index (χ1v) is 9.12. The number of benzene rings is 1. The van der Waals surface area contributed by atoms with E-state index in [0.29, 0.717) is 11.4 Å². The van der Waals surface area contributed by atoms with Gasteiger partial charge in [-0.15, -0.1) is 0 Å². The van der Waals surface area contributed by atoms with Crippen molar-refractivity contribution >= 4 is 21.8 Å². The minimum atomic E-state index is -0.371. The van der Waals surface area contributed by atoms with Crippen molar-refractivity contribution in [1.82, 2.24) is 20.0 Å². The van der Waals surface area contributed by atoms with Crippen LogP contribution in [0, 0.1) is 0 Å². The highest BCUT2D eigenvalue weighted by molar-refractivity contribution is 9.10. The van der Waals surface area contributed by atoms with Gasteiger partial charge in [0.25, 0.3) is 11.4 Å². The third-order valence-corrected chi connectivity index (χ3v) is 4.06. The van der Waals surface area contributed by atoms with Crippen LogP contribution in [0.1, 0.15) is 20.8 Å². The first-order valence-electron chi connectivity index (χ1n) is 8.33. The van der Waals surface area contributed by atoms with Crippen molar-refractivity contribution in [3.8, 4) is 22.8 Å². The van der Waals surface area contributed by atoms with Gasteiger partial charge in [-0.2, -0.15) is 4.98 Å². The van der Waals surface area contributed by atoms with Crippen molar-refractivity contribution in [2.45, 2.75) is 32.9 Å². The van der Waals surface area contributed by atoms with Gasteiger partial charge in [0.2, 0.25) is 11.7 Å². The van der Waals surface area contributed by atoms with Gasteiger partial charge in [0.15, 0.2) is 0 Å². The minimum Gasteiger partial charge on any atom is -0.350 e. The highest BCUT2D eigenvalue weighted by Crippen LogP contribution is 2.23. The Morgan fingerprint density at radius 1 is 1.22 bits per heavy atom. The summed E-state index contributed by atoms with van der Waals surface area (Å²) in [4.78, 5) is 28.6. The van der Waals surface area contributed by atoms with E-state index in [1.165, 1.54) is 10.6 Å². The van der Waals surface area contributed by atoms with E-state index in [1.807, 2.05) is 45.0 Å². The molecule has 0 bridgehead atoms. The predicted molar refractivity (Wildman–Crippen MR) is 105 cm³/mol. The second kappa shape index (κ2) is 7.48. The van der Waals surface area contributed by atoms with E-state index >= 15 is 0 Å². The summed E-state index contributed by atoms with van der Waals surface area (Å²) in [6.45, 7) is 5.56. The number of pyridine rings is 1. The summed E-state index contributed by atoms with van der Waals surface area (Å²) in [5.41, 5.74) is 0.711. The number of amides is 1. The van der Waals surface area contributed by atoms with Gasteiger partial charge in [-0.1, -0.05) is 33.2 Å². The predicted octanol–water partition coefficient (Wildman–Crippen LogP) is 3.24. The molecule has 0 saturated carbocycles. The normalized spacial score (nSPS) is 11.4. The molecule has 8 heteroatoms. The molecule has 2 heterocycles.